The summed E-state index contributed by atoms with van der Waals surface area (Å²) in [5.74, 6) is -0.878. The van der Waals surface area contributed by atoms with E-state index in [4.69, 9.17) is 5.73 Å². The summed E-state index contributed by atoms with van der Waals surface area (Å²) < 4.78 is 0. The van der Waals surface area contributed by atoms with E-state index in [0.29, 0.717) is 11.1 Å². The van der Waals surface area contributed by atoms with Crippen molar-refractivity contribution in [3.05, 3.63) is 35.4 Å². The number of carbonyl (C=O) groups excluding carboxylic acids is 2. The lowest BCUT2D eigenvalue weighted by Crippen LogP contribution is -2.40. The average Bonchev–Trinajstić information content (AvgIpc) is 2.36. The van der Waals surface area contributed by atoms with E-state index in [1.54, 1.807) is 13.8 Å². The number of aliphatic hydroxyl groups excluding tert-OH is 2. The van der Waals surface area contributed by atoms with E-state index >= 15 is 0 Å². The van der Waals surface area contributed by atoms with Crippen LogP contribution in [0.15, 0.2) is 24.3 Å². The van der Waals surface area contributed by atoms with Gasteiger partial charge in [0.05, 0.1) is 12.2 Å². The van der Waals surface area contributed by atoms with E-state index < -0.39 is 18.1 Å². The first-order valence-electron chi connectivity index (χ1n) is 6.36. The predicted molar refractivity (Wildman–Crippen MR) is 74.2 cm³/mol. The van der Waals surface area contributed by atoms with Crippen LogP contribution >= 0.6 is 0 Å². The lowest BCUT2D eigenvalue weighted by atomic mass is 10.1. The van der Waals surface area contributed by atoms with Crippen LogP contribution in [0.3, 0.4) is 0 Å². The van der Waals surface area contributed by atoms with E-state index in [2.05, 4.69) is 0 Å². The van der Waals surface area contributed by atoms with E-state index in [9.17, 15) is 19.8 Å². The first-order valence-corrected chi connectivity index (χ1v) is 6.36. The van der Waals surface area contributed by atoms with Crippen LogP contribution in [0.25, 0.3) is 0 Å². The largest absolute Gasteiger partial charge is 0.392 e. The molecule has 6 nitrogen and oxygen atoms in total. The smallest absolute Gasteiger partial charge is 0.254 e. The Kier molecular flexibility index (Phi) is 5.66. The average molecular weight is 280 g/mol. The SMILES string of the molecule is CC(O)CN(CC(C)O)C(=O)c1ccc(C(N)=O)cc1. The third-order valence-electron chi connectivity index (χ3n) is 2.67. The van der Waals surface area contributed by atoms with Crippen LogP contribution in [0.1, 0.15) is 34.6 Å². The molecule has 0 aliphatic heterocycles. The maximum absolute atomic E-state index is 12.3. The van der Waals surface area contributed by atoms with E-state index in [1.807, 2.05) is 0 Å². The second-order valence-electron chi connectivity index (χ2n) is 4.85. The number of nitrogens with two attached hydrogens (primary N) is 1. The van der Waals surface area contributed by atoms with Crippen LogP contribution < -0.4 is 5.73 Å². The maximum Gasteiger partial charge on any atom is 0.254 e. The molecule has 1 aromatic rings. The molecule has 0 aliphatic rings. The van der Waals surface area contributed by atoms with E-state index in [1.165, 1.54) is 29.2 Å². The van der Waals surface area contributed by atoms with Crippen molar-refractivity contribution < 1.29 is 19.8 Å². The minimum absolute atomic E-state index is 0.126. The Balaban J connectivity index is 2.90. The third-order valence-corrected chi connectivity index (χ3v) is 2.67. The summed E-state index contributed by atoms with van der Waals surface area (Å²) in [5.41, 5.74) is 5.82. The topological polar surface area (TPSA) is 104 Å². The van der Waals surface area contributed by atoms with Gasteiger partial charge in [-0.1, -0.05) is 0 Å². The fourth-order valence-electron chi connectivity index (χ4n) is 1.84. The summed E-state index contributed by atoms with van der Waals surface area (Å²) >= 11 is 0. The Labute approximate surface area is 117 Å². The Morgan fingerprint density at radius 1 is 1.05 bits per heavy atom. The second-order valence-corrected chi connectivity index (χ2v) is 4.85. The number of carbonyl (C=O) groups is 2. The molecule has 0 saturated carbocycles. The van der Waals surface area contributed by atoms with E-state index in [0.717, 1.165) is 0 Å². The van der Waals surface area contributed by atoms with Gasteiger partial charge in [-0.3, -0.25) is 9.59 Å². The molecule has 20 heavy (non-hydrogen) atoms. The van der Waals surface area contributed by atoms with Gasteiger partial charge >= 0.3 is 0 Å². The minimum Gasteiger partial charge on any atom is -0.392 e. The summed E-state index contributed by atoms with van der Waals surface area (Å²) in [4.78, 5) is 24.6. The van der Waals surface area contributed by atoms with Crippen molar-refractivity contribution in [2.45, 2.75) is 26.1 Å². The summed E-state index contributed by atoms with van der Waals surface area (Å²) in [6.45, 7) is 3.39. The van der Waals surface area contributed by atoms with Crippen molar-refractivity contribution in [1.29, 1.82) is 0 Å². The number of hydrogen-bond donors (Lipinski definition) is 3. The highest BCUT2D eigenvalue weighted by atomic mass is 16.3. The molecule has 0 saturated heterocycles. The van der Waals surface area contributed by atoms with Crippen LogP contribution in [-0.2, 0) is 0 Å². The summed E-state index contributed by atoms with van der Waals surface area (Å²) in [6.07, 6.45) is -1.38. The molecule has 1 rings (SSSR count). The van der Waals surface area contributed by atoms with Crippen LogP contribution in [0.2, 0.25) is 0 Å². The van der Waals surface area contributed by atoms with Gasteiger partial charge in [-0.2, -0.15) is 0 Å². The molecule has 2 amide bonds. The molecule has 0 spiro atoms. The molecular weight excluding hydrogens is 260 g/mol. The van der Waals surface area contributed by atoms with Crippen molar-refractivity contribution in [2.24, 2.45) is 5.73 Å². The van der Waals surface area contributed by atoms with Gasteiger partial charge in [-0.15, -0.1) is 0 Å². The number of rotatable bonds is 6. The lowest BCUT2D eigenvalue weighted by Gasteiger charge is -2.25. The van der Waals surface area contributed by atoms with Crippen LogP contribution in [0, 0.1) is 0 Å². The molecule has 0 heterocycles. The first-order chi connectivity index (χ1) is 9.31. The molecule has 0 fully saturated rings. The Morgan fingerprint density at radius 3 is 1.80 bits per heavy atom. The van der Waals surface area contributed by atoms with Gasteiger partial charge in [-0.05, 0) is 38.1 Å². The van der Waals surface area contributed by atoms with Crippen molar-refractivity contribution in [3.63, 3.8) is 0 Å². The third kappa shape index (κ3) is 4.64. The highest BCUT2D eigenvalue weighted by Crippen LogP contribution is 2.09. The van der Waals surface area contributed by atoms with Gasteiger partial charge in [-0.25, -0.2) is 0 Å². The standard InChI is InChI=1S/C14H20N2O4/c1-9(17)7-16(8-10(2)18)14(20)12-5-3-11(4-6-12)13(15)19/h3-6,9-10,17-18H,7-8H2,1-2H3,(H2,15,19). The quantitative estimate of drug-likeness (QED) is 0.681. The van der Waals surface area contributed by atoms with Crippen LogP contribution in [-0.4, -0.2) is 52.2 Å². The van der Waals surface area contributed by atoms with Crippen molar-refractivity contribution in [1.82, 2.24) is 4.90 Å². The van der Waals surface area contributed by atoms with Crippen LogP contribution in [0.4, 0.5) is 0 Å². The highest BCUT2D eigenvalue weighted by Gasteiger charge is 2.19. The van der Waals surface area contributed by atoms with Gasteiger partial charge in [0.2, 0.25) is 5.91 Å². The molecule has 2 atom stereocenters. The molecule has 0 aromatic heterocycles. The zero-order chi connectivity index (χ0) is 15.3. The molecule has 2 unspecified atom stereocenters. The summed E-state index contributed by atoms with van der Waals surface area (Å²) in [7, 11) is 0. The molecule has 0 bridgehead atoms. The Hall–Kier alpha value is -1.92. The fraction of sp³-hybridized carbons (Fsp3) is 0.429. The number of primary amides is 1. The molecule has 6 heteroatoms. The van der Waals surface area contributed by atoms with Crippen molar-refractivity contribution in [2.75, 3.05) is 13.1 Å². The molecule has 1 aromatic carbocycles. The Morgan fingerprint density at radius 2 is 1.45 bits per heavy atom. The molecule has 110 valence electrons. The predicted octanol–water partition coefficient (Wildman–Crippen LogP) is -0.0107. The van der Waals surface area contributed by atoms with Crippen LogP contribution in [0.5, 0.6) is 0 Å². The fourth-order valence-corrected chi connectivity index (χ4v) is 1.84. The number of benzene rings is 1. The van der Waals surface area contributed by atoms with Crippen molar-refractivity contribution in [3.8, 4) is 0 Å². The number of amides is 2. The second kappa shape index (κ2) is 7.02. The molecule has 0 radical (unpaired) electrons. The maximum atomic E-state index is 12.3. The summed E-state index contributed by atoms with van der Waals surface area (Å²) in [5, 5.41) is 18.8. The van der Waals surface area contributed by atoms with Gasteiger partial charge in [0, 0.05) is 24.2 Å². The molecular formula is C14H20N2O4. The van der Waals surface area contributed by atoms with E-state index in [-0.39, 0.29) is 19.0 Å². The lowest BCUT2D eigenvalue weighted by molar-refractivity contribution is 0.0518. The Bertz CT molecular complexity index is 459. The first kappa shape index (κ1) is 16.1. The molecule has 0 aliphatic carbocycles. The van der Waals surface area contributed by atoms with Gasteiger partial charge < -0.3 is 20.8 Å². The van der Waals surface area contributed by atoms with Crippen molar-refractivity contribution >= 4 is 11.8 Å². The minimum atomic E-state index is -0.692. The highest BCUT2D eigenvalue weighted by molar-refractivity contribution is 5.97. The summed E-state index contributed by atoms with van der Waals surface area (Å²) in [6, 6.07) is 5.94. The monoisotopic (exact) mass is 280 g/mol. The van der Waals surface area contributed by atoms with Gasteiger partial charge in [0.25, 0.3) is 5.91 Å². The molecule has 4 N–H and O–H groups in total. The number of aliphatic hydroxyl groups is 2. The number of hydrogen-bond acceptors (Lipinski definition) is 4. The normalized spacial score (nSPS) is 13.6. The zero-order valence-electron chi connectivity index (χ0n) is 11.6. The zero-order valence-corrected chi connectivity index (χ0v) is 11.6. The number of nitrogens with zero attached hydrogens (tertiary/aromatic N) is 1. The van der Waals surface area contributed by atoms with Gasteiger partial charge in [0.15, 0.2) is 0 Å². The van der Waals surface area contributed by atoms with Gasteiger partial charge in [0.1, 0.15) is 0 Å².